The summed E-state index contributed by atoms with van der Waals surface area (Å²) in [5.74, 6) is 0. The van der Waals surface area contributed by atoms with Gasteiger partial charge in [0.05, 0.1) is 24.4 Å². The molecule has 0 radical (unpaired) electrons. The third-order valence-corrected chi connectivity index (χ3v) is 2.18. The minimum atomic E-state index is 0.284. The third kappa shape index (κ3) is 1.87. The van der Waals surface area contributed by atoms with Gasteiger partial charge in [0.1, 0.15) is 6.07 Å². The Morgan fingerprint density at radius 2 is 2.69 bits per heavy atom. The molecule has 0 saturated carbocycles. The molecule has 1 atom stereocenters. The maximum Gasteiger partial charge on any atom is 0.102 e. The van der Waals surface area contributed by atoms with Crippen LogP contribution in [0.5, 0.6) is 0 Å². The molecule has 0 aliphatic carbocycles. The van der Waals surface area contributed by atoms with Crippen LogP contribution < -0.4 is 0 Å². The number of aromatic nitrogens is 2. The zero-order valence-corrected chi connectivity index (χ0v) is 7.31. The summed E-state index contributed by atoms with van der Waals surface area (Å²) in [5, 5.41) is 12.6. The van der Waals surface area contributed by atoms with Gasteiger partial charge in [-0.05, 0) is 12.8 Å². The van der Waals surface area contributed by atoms with Crippen LogP contribution in [-0.4, -0.2) is 22.5 Å². The van der Waals surface area contributed by atoms with Gasteiger partial charge in [0, 0.05) is 12.8 Å². The summed E-state index contributed by atoms with van der Waals surface area (Å²) in [6.45, 7) is 1.62. The molecule has 0 spiro atoms. The molecule has 1 aliphatic heterocycles. The average Bonchev–Trinajstić information content (AvgIpc) is 2.76. The second-order valence-electron chi connectivity index (χ2n) is 3.20. The maximum atomic E-state index is 8.58. The molecule has 0 N–H and O–H groups in total. The van der Waals surface area contributed by atoms with Crippen molar-refractivity contribution in [1.82, 2.24) is 9.78 Å². The predicted molar refractivity (Wildman–Crippen MR) is 45.9 cm³/mol. The van der Waals surface area contributed by atoms with Crippen LogP contribution in [0.25, 0.3) is 0 Å². The van der Waals surface area contributed by atoms with Gasteiger partial charge in [-0.3, -0.25) is 4.68 Å². The normalized spacial score (nSPS) is 21.6. The number of ether oxygens (including phenoxy) is 1. The fraction of sp³-hybridized carbons (Fsp3) is 0.556. The minimum absolute atomic E-state index is 0.284. The van der Waals surface area contributed by atoms with Crippen LogP contribution in [0.3, 0.4) is 0 Å². The molecule has 1 fully saturated rings. The first kappa shape index (κ1) is 8.27. The quantitative estimate of drug-likeness (QED) is 0.675. The van der Waals surface area contributed by atoms with E-state index in [9.17, 15) is 0 Å². The van der Waals surface area contributed by atoms with Crippen LogP contribution >= 0.6 is 0 Å². The molecule has 13 heavy (non-hydrogen) atoms. The molecule has 1 aromatic rings. The van der Waals surface area contributed by atoms with Crippen LogP contribution in [0, 0.1) is 11.3 Å². The molecule has 0 aromatic carbocycles. The lowest BCUT2D eigenvalue weighted by molar-refractivity contribution is 0.0940. The third-order valence-electron chi connectivity index (χ3n) is 2.18. The second-order valence-corrected chi connectivity index (χ2v) is 3.20. The van der Waals surface area contributed by atoms with Crippen LogP contribution in [0.15, 0.2) is 12.4 Å². The van der Waals surface area contributed by atoms with Crippen LogP contribution in [0.4, 0.5) is 0 Å². The zero-order chi connectivity index (χ0) is 9.10. The molecule has 4 heteroatoms. The summed E-state index contributed by atoms with van der Waals surface area (Å²) < 4.78 is 7.23. The van der Waals surface area contributed by atoms with Crippen molar-refractivity contribution in [3.8, 4) is 6.07 Å². The summed E-state index contributed by atoms with van der Waals surface area (Å²) in [4.78, 5) is 0. The zero-order valence-electron chi connectivity index (χ0n) is 7.31. The van der Waals surface area contributed by atoms with Crippen molar-refractivity contribution in [3.63, 3.8) is 0 Å². The van der Waals surface area contributed by atoms with E-state index < -0.39 is 0 Å². The van der Waals surface area contributed by atoms with Gasteiger partial charge in [-0.25, -0.2) is 0 Å². The van der Waals surface area contributed by atoms with Gasteiger partial charge in [0.2, 0.25) is 0 Å². The largest absolute Gasteiger partial charge is 0.376 e. The van der Waals surface area contributed by atoms with Gasteiger partial charge in [-0.2, -0.15) is 10.4 Å². The fourth-order valence-electron chi connectivity index (χ4n) is 1.52. The Bertz CT molecular complexity index is 320. The molecule has 2 heterocycles. The Kier molecular flexibility index (Phi) is 2.28. The van der Waals surface area contributed by atoms with Crippen LogP contribution in [-0.2, 0) is 11.3 Å². The smallest absolute Gasteiger partial charge is 0.102 e. The van der Waals surface area contributed by atoms with Gasteiger partial charge in [0.15, 0.2) is 0 Å². The molecule has 0 unspecified atom stereocenters. The van der Waals surface area contributed by atoms with E-state index in [4.69, 9.17) is 10.00 Å². The van der Waals surface area contributed by atoms with Crippen molar-refractivity contribution >= 4 is 0 Å². The first-order valence-electron chi connectivity index (χ1n) is 4.42. The number of nitrogens with zero attached hydrogens (tertiary/aromatic N) is 3. The molecule has 68 valence electrons. The van der Waals surface area contributed by atoms with Crippen molar-refractivity contribution < 1.29 is 4.74 Å². The standard InChI is InChI=1S/C9H11N3O/c10-4-8-5-11-12(6-8)7-9-2-1-3-13-9/h5-6,9H,1-3,7H2/t9-/m0/s1. The lowest BCUT2D eigenvalue weighted by Gasteiger charge is -2.08. The van der Waals surface area contributed by atoms with E-state index in [1.807, 2.05) is 6.07 Å². The molecule has 0 amide bonds. The second kappa shape index (κ2) is 3.58. The average molecular weight is 177 g/mol. The van der Waals surface area contributed by atoms with Gasteiger partial charge in [-0.1, -0.05) is 0 Å². The van der Waals surface area contributed by atoms with Crippen molar-refractivity contribution in [2.45, 2.75) is 25.5 Å². The van der Waals surface area contributed by atoms with Crippen LogP contribution in [0.2, 0.25) is 0 Å². The van der Waals surface area contributed by atoms with E-state index in [2.05, 4.69) is 5.10 Å². The Balaban J connectivity index is 1.97. The molecule has 1 saturated heterocycles. The van der Waals surface area contributed by atoms with E-state index in [-0.39, 0.29) is 6.10 Å². The van der Waals surface area contributed by atoms with Crippen LogP contribution in [0.1, 0.15) is 18.4 Å². The Morgan fingerprint density at radius 1 is 1.77 bits per heavy atom. The van der Waals surface area contributed by atoms with E-state index in [0.717, 1.165) is 26.0 Å². The summed E-state index contributed by atoms with van der Waals surface area (Å²) in [6.07, 6.45) is 5.85. The minimum Gasteiger partial charge on any atom is -0.376 e. The van der Waals surface area contributed by atoms with E-state index in [1.54, 1.807) is 17.1 Å². The SMILES string of the molecule is N#Cc1cnn(C[C@@H]2CCCO2)c1. The Morgan fingerprint density at radius 3 is 3.31 bits per heavy atom. The molecule has 0 bridgehead atoms. The number of hydrogen-bond donors (Lipinski definition) is 0. The Hall–Kier alpha value is -1.34. The lowest BCUT2D eigenvalue weighted by atomic mass is 10.2. The molecule has 1 aromatic heterocycles. The van der Waals surface area contributed by atoms with E-state index in [1.165, 1.54) is 0 Å². The number of rotatable bonds is 2. The number of nitriles is 1. The molecular weight excluding hydrogens is 166 g/mol. The van der Waals surface area contributed by atoms with E-state index in [0.29, 0.717) is 5.56 Å². The van der Waals surface area contributed by atoms with Crippen molar-refractivity contribution in [3.05, 3.63) is 18.0 Å². The van der Waals surface area contributed by atoms with Crippen molar-refractivity contribution in [2.75, 3.05) is 6.61 Å². The van der Waals surface area contributed by atoms with Crippen molar-refractivity contribution in [1.29, 1.82) is 5.26 Å². The molecule has 1 aliphatic rings. The molecule has 4 nitrogen and oxygen atoms in total. The first-order valence-corrected chi connectivity index (χ1v) is 4.42. The van der Waals surface area contributed by atoms with Crippen molar-refractivity contribution in [2.24, 2.45) is 0 Å². The highest BCUT2D eigenvalue weighted by Crippen LogP contribution is 2.13. The van der Waals surface area contributed by atoms with E-state index >= 15 is 0 Å². The van der Waals surface area contributed by atoms with Gasteiger partial charge in [0.25, 0.3) is 0 Å². The Labute approximate surface area is 76.7 Å². The lowest BCUT2D eigenvalue weighted by Crippen LogP contribution is -2.14. The van der Waals surface area contributed by atoms with Gasteiger partial charge in [-0.15, -0.1) is 0 Å². The predicted octanol–water partition coefficient (Wildman–Crippen LogP) is 0.934. The van der Waals surface area contributed by atoms with Gasteiger partial charge >= 0.3 is 0 Å². The summed E-state index contributed by atoms with van der Waals surface area (Å²) in [6, 6.07) is 2.05. The summed E-state index contributed by atoms with van der Waals surface area (Å²) in [7, 11) is 0. The monoisotopic (exact) mass is 177 g/mol. The topological polar surface area (TPSA) is 50.8 Å². The molecular formula is C9H11N3O. The first-order chi connectivity index (χ1) is 6.38. The maximum absolute atomic E-state index is 8.58. The summed E-state index contributed by atoms with van der Waals surface area (Å²) in [5.41, 5.74) is 0.609. The highest BCUT2D eigenvalue weighted by atomic mass is 16.5. The van der Waals surface area contributed by atoms with Gasteiger partial charge < -0.3 is 4.74 Å². The highest BCUT2D eigenvalue weighted by molar-refractivity contribution is 5.21. The summed E-state index contributed by atoms with van der Waals surface area (Å²) >= 11 is 0. The highest BCUT2D eigenvalue weighted by Gasteiger charge is 2.16. The molecule has 2 rings (SSSR count). The number of hydrogen-bond acceptors (Lipinski definition) is 3. The fourth-order valence-corrected chi connectivity index (χ4v) is 1.52.